The molecule has 4 nitrogen and oxygen atoms in total. The summed E-state index contributed by atoms with van der Waals surface area (Å²) in [6.45, 7) is 5.59. The lowest BCUT2D eigenvalue weighted by molar-refractivity contribution is -0.136. The van der Waals surface area contributed by atoms with E-state index in [4.69, 9.17) is 0 Å². The molecule has 0 aliphatic carbocycles. The maximum Gasteiger partial charge on any atom is 0.241 e. The second kappa shape index (κ2) is 7.58. The fourth-order valence-corrected chi connectivity index (χ4v) is 0.456. The fourth-order valence-electron chi connectivity index (χ4n) is 0.456. The van der Waals surface area contributed by atoms with Crippen LogP contribution >= 0.6 is 0 Å². The lowest BCUT2D eigenvalue weighted by Gasteiger charge is -2.17. The molecule has 0 spiro atoms. The number of nitrogens with zero attached hydrogens (tertiary/aromatic N) is 2. The summed E-state index contributed by atoms with van der Waals surface area (Å²) >= 11 is 0. The van der Waals surface area contributed by atoms with E-state index in [1.807, 2.05) is 13.8 Å². The number of amides is 2. The van der Waals surface area contributed by atoms with Gasteiger partial charge in [0.1, 0.15) is 0 Å². The Morgan fingerprint density at radius 3 is 1.69 bits per heavy atom. The minimum atomic E-state index is -0.0970. The zero-order valence-corrected chi connectivity index (χ0v) is 9.42. The average molecular weight is 188 g/mol. The molecule has 4 heteroatoms. The molecular weight excluding hydrogens is 168 g/mol. The van der Waals surface area contributed by atoms with Gasteiger partial charge >= 0.3 is 0 Å². The molecule has 0 unspecified atom stereocenters. The van der Waals surface area contributed by atoms with Crippen LogP contribution in [0.25, 0.3) is 0 Å². The topological polar surface area (TPSA) is 40.6 Å². The lowest BCUT2D eigenvalue weighted by Crippen LogP contribution is -2.36. The van der Waals surface area contributed by atoms with Gasteiger partial charge in [-0.1, -0.05) is 13.8 Å². The molecule has 0 rings (SSSR count). The minimum Gasteiger partial charge on any atom is -0.347 e. The number of rotatable bonds is 2. The second-order valence-electron chi connectivity index (χ2n) is 2.66. The Labute approximate surface area is 80.5 Å². The largest absolute Gasteiger partial charge is 0.347 e. The van der Waals surface area contributed by atoms with Crippen molar-refractivity contribution in [2.24, 2.45) is 0 Å². The fraction of sp³-hybridized carbons (Fsp3) is 0.778. The van der Waals surface area contributed by atoms with Crippen molar-refractivity contribution in [1.29, 1.82) is 0 Å². The predicted molar refractivity (Wildman–Crippen MR) is 53.4 cm³/mol. The van der Waals surface area contributed by atoms with Crippen molar-refractivity contribution < 1.29 is 9.59 Å². The summed E-state index contributed by atoms with van der Waals surface area (Å²) in [6, 6.07) is 0. The first-order chi connectivity index (χ1) is 5.95. The van der Waals surface area contributed by atoms with Crippen LogP contribution < -0.4 is 0 Å². The van der Waals surface area contributed by atoms with Gasteiger partial charge in [0.2, 0.25) is 11.8 Å². The Morgan fingerprint density at radius 1 is 1.08 bits per heavy atom. The van der Waals surface area contributed by atoms with Crippen molar-refractivity contribution in [2.75, 3.05) is 27.7 Å². The highest BCUT2D eigenvalue weighted by Gasteiger charge is 2.09. The second-order valence-corrected chi connectivity index (χ2v) is 2.66. The normalized spacial score (nSPS) is 8.15. The maximum absolute atomic E-state index is 11.0. The Morgan fingerprint density at radius 2 is 1.46 bits per heavy atom. The highest BCUT2D eigenvalue weighted by molar-refractivity contribution is 5.83. The molecule has 0 N–H and O–H groups in total. The summed E-state index contributed by atoms with van der Waals surface area (Å²) in [5, 5.41) is 0. The van der Waals surface area contributed by atoms with Crippen LogP contribution in [0.4, 0.5) is 0 Å². The summed E-state index contributed by atoms with van der Waals surface area (Å²) in [6.07, 6.45) is 0. The summed E-state index contributed by atoms with van der Waals surface area (Å²) in [4.78, 5) is 24.5. The van der Waals surface area contributed by atoms with Crippen LogP contribution in [-0.4, -0.2) is 49.3 Å². The van der Waals surface area contributed by atoms with Crippen LogP contribution in [0.1, 0.15) is 20.8 Å². The first kappa shape index (κ1) is 14.5. The van der Waals surface area contributed by atoms with E-state index in [0.29, 0.717) is 0 Å². The number of likely N-dealkylation sites (N-methyl/N-ethyl adjacent to an activating group) is 2. The molecule has 0 aliphatic rings. The first-order valence-corrected chi connectivity index (χ1v) is 4.37. The molecule has 0 saturated heterocycles. The van der Waals surface area contributed by atoms with E-state index in [9.17, 15) is 9.59 Å². The highest BCUT2D eigenvalue weighted by Crippen LogP contribution is 1.86. The quantitative estimate of drug-likeness (QED) is 0.636. The van der Waals surface area contributed by atoms with E-state index in [0.717, 1.165) is 0 Å². The summed E-state index contributed by atoms with van der Waals surface area (Å²) < 4.78 is 0. The summed E-state index contributed by atoms with van der Waals surface area (Å²) in [5.74, 6) is -0.164. The Hall–Kier alpha value is -1.06. The van der Waals surface area contributed by atoms with Gasteiger partial charge in [0.15, 0.2) is 0 Å². The van der Waals surface area contributed by atoms with Gasteiger partial charge in [-0.25, -0.2) is 0 Å². The van der Waals surface area contributed by atoms with Crippen molar-refractivity contribution in [3.8, 4) is 0 Å². The van der Waals surface area contributed by atoms with Gasteiger partial charge in [0.25, 0.3) is 0 Å². The lowest BCUT2D eigenvalue weighted by atomic mass is 10.5. The Balaban J connectivity index is 0. The molecule has 0 aromatic carbocycles. The van der Waals surface area contributed by atoms with Crippen molar-refractivity contribution in [1.82, 2.24) is 9.80 Å². The molecule has 0 aliphatic heterocycles. The van der Waals surface area contributed by atoms with Crippen LogP contribution in [0, 0.1) is 0 Å². The van der Waals surface area contributed by atoms with Crippen LogP contribution in [0.5, 0.6) is 0 Å². The zero-order valence-electron chi connectivity index (χ0n) is 9.42. The number of hydrogen-bond acceptors (Lipinski definition) is 2. The number of carbonyl (C=O) groups is 2. The van der Waals surface area contributed by atoms with Crippen LogP contribution in [0.2, 0.25) is 0 Å². The summed E-state index contributed by atoms with van der Waals surface area (Å²) in [7, 11) is 4.93. The minimum absolute atomic E-state index is 0.0669. The van der Waals surface area contributed by atoms with Gasteiger partial charge in [-0.3, -0.25) is 9.59 Å². The Kier molecular flexibility index (Phi) is 8.44. The monoisotopic (exact) mass is 188 g/mol. The van der Waals surface area contributed by atoms with Gasteiger partial charge < -0.3 is 9.80 Å². The van der Waals surface area contributed by atoms with Gasteiger partial charge in [0, 0.05) is 28.1 Å². The molecule has 0 bridgehead atoms. The summed E-state index contributed by atoms with van der Waals surface area (Å²) in [5.41, 5.74) is 0. The highest BCUT2D eigenvalue weighted by atomic mass is 16.2. The Bertz CT molecular complexity index is 167. The van der Waals surface area contributed by atoms with E-state index in [1.165, 1.54) is 16.7 Å². The molecule has 0 radical (unpaired) electrons. The molecule has 0 aromatic heterocycles. The first-order valence-electron chi connectivity index (χ1n) is 4.37. The molecule has 0 atom stereocenters. The van der Waals surface area contributed by atoms with Crippen molar-refractivity contribution in [2.45, 2.75) is 20.8 Å². The van der Waals surface area contributed by atoms with Gasteiger partial charge in [0.05, 0.1) is 6.54 Å². The predicted octanol–water partition coefficient (Wildman–Crippen LogP) is 0.579. The molecule has 2 amide bonds. The van der Waals surface area contributed by atoms with Crippen LogP contribution in [-0.2, 0) is 9.59 Å². The van der Waals surface area contributed by atoms with E-state index in [1.54, 1.807) is 21.1 Å². The molecular formula is C9H20N2O2. The molecule has 0 saturated carbocycles. The van der Waals surface area contributed by atoms with Crippen molar-refractivity contribution >= 4 is 11.8 Å². The number of hydrogen-bond donors (Lipinski definition) is 0. The third-order valence-electron chi connectivity index (χ3n) is 1.41. The zero-order chi connectivity index (χ0) is 11.0. The smallest absolute Gasteiger partial charge is 0.241 e. The van der Waals surface area contributed by atoms with Crippen molar-refractivity contribution in [3.05, 3.63) is 0 Å². The average Bonchev–Trinajstić information content (AvgIpc) is 2.07. The molecule has 0 fully saturated rings. The van der Waals surface area contributed by atoms with Gasteiger partial charge in [-0.15, -0.1) is 0 Å². The number of carbonyl (C=O) groups excluding carboxylic acids is 2. The van der Waals surface area contributed by atoms with Crippen molar-refractivity contribution in [3.63, 3.8) is 0 Å². The standard InChI is InChI=1S/C7H14N2O2.C2H6/c1-6(10)9(4)5-7(11)8(2)3;1-2/h5H2,1-4H3;1-2H3. The molecule has 0 heterocycles. The maximum atomic E-state index is 11.0. The van der Waals surface area contributed by atoms with E-state index >= 15 is 0 Å². The SMILES string of the molecule is CC.CC(=O)N(C)CC(=O)N(C)C. The molecule has 78 valence electrons. The third kappa shape index (κ3) is 7.31. The van der Waals surface area contributed by atoms with E-state index in [-0.39, 0.29) is 18.4 Å². The van der Waals surface area contributed by atoms with Gasteiger partial charge in [-0.2, -0.15) is 0 Å². The van der Waals surface area contributed by atoms with E-state index in [2.05, 4.69) is 0 Å². The van der Waals surface area contributed by atoms with E-state index < -0.39 is 0 Å². The molecule has 13 heavy (non-hydrogen) atoms. The van der Waals surface area contributed by atoms with Crippen LogP contribution in [0.15, 0.2) is 0 Å². The van der Waals surface area contributed by atoms with Gasteiger partial charge in [-0.05, 0) is 0 Å². The third-order valence-corrected chi connectivity index (χ3v) is 1.41. The van der Waals surface area contributed by atoms with Crippen LogP contribution in [0.3, 0.4) is 0 Å². The molecule has 0 aromatic rings.